The van der Waals surface area contributed by atoms with Gasteiger partial charge in [0.25, 0.3) is 0 Å². The van der Waals surface area contributed by atoms with Gasteiger partial charge in [-0.25, -0.2) is 0 Å². The highest BCUT2D eigenvalue weighted by Crippen LogP contribution is 2.36. The third kappa shape index (κ3) is 2.67. The molecule has 0 atom stereocenters. The standard InChI is InChI=1S/C19H19N5O2/c1-12-21-22-19-15-10-17(26-3)16(25-2)9-14(15)18(23-24(12)19)20-11-13-7-5-4-6-8-13/h4-10H,11H2,1-3H3,(H,20,23). The summed E-state index contributed by atoms with van der Waals surface area (Å²) in [5.41, 5.74) is 1.85. The first-order valence-corrected chi connectivity index (χ1v) is 8.27. The number of rotatable bonds is 5. The second-order valence-electron chi connectivity index (χ2n) is 5.92. The minimum Gasteiger partial charge on any atom is -0.493 e. The molecule has 7 nitrogen and oxygen atoms in total. The lowest BCUT2D eigenvalue weighted by Crippen LogP contribution is -2.06. The van der Waals surface area contributed by atoms with E-state index < -0.39 is 0 Å². The van der Waals surface area contributed by atoms with E-state index in [0.717, 1.165) is 22.4 Å². The third-order valence-corrected chi connectivity index (χ3v) is 4.32. The zero-order valence-corrected chi connectivity index (χ0v) is 14.9. The topological polar surface area (TPSA) is 73.6 Å². The van der Waals surface area contributed by atoms with Crippen LogP contribution >= 0.6 is 0 Å². The van der Waals surface area contributed by atoms with Crippen LogP contribution in [-0.2, 0) is 6.54 Å². The van der Waals surface area contributed by atoms with Crippen molar-refractivity contribution in [2.75, 3.05) is 19.5 Å². The molecule has 0 amide bonds. The summed E-state index contributed by atoms with van der Waals surface area (Å²) < 4.78 is 12.6. The van der Waals surface area contributed by atoms with E-state index in [4.69, 9.17) is 14.6 Å². The van der Waals surface area contributed by atoms with Crippen molar-refractivity contribution in [2.45, 2.75) is 13.5 Å². The number of aromatic nitrogens is 4. The van der Waals surface area contributed by atoms with Crippen LogP contribution in [-0.4, -0.2) is 34.0 Å². The van der Waals surface area contributed by atoms with Gasteiger partial charge >= 0.3 is 0 Å². The van der Waals surface area contributed by atoms with Crippen LogP contribution in [0.15, 0.2) is 42.5 Å². The molecule has 2 aromatic heterocycles. The molecule has 26 heavy (non-hydrogen) atoms. The van der Waals surface area contributed by atoms with Gasteiger partial charge in [0.2, 0.25) is 0 Å². The second-order valence-corrected chi connectivity index (χ2v) is 5.92. The zero-order chi connectivity index (χ0) is 18.1. The normalized spacial score (nSPS) is 11.0. The number of fused-ring (bicyclic) bond motifs is 3. The van der Waals surface area contributed by atoms with Crippen molar-refractivity contribution >= 4 is 22.2 Å². The molecule has 4 rings (SSSR count). The smallest absolute Gasteiger partial charge is 0.185 e. The van der Waals surface area contributed by atoms with E-state index in [2.05, 4.69) is 27.6 Å². The van der Waals surface area contributed by atoms with Gasteiger partial charge in [0.1, 0.15) is 0 Å². The van der Waals surface area contributed by atoms with Crippen molar-refractivity contribution in [3.05, 3.63) is 53.9 Å². The molecule has 0 spiro atoms. The van der Waals surface area contributed by atoms with Gasteiger partial charge in [-0.1, -0.05) is 30.3 Å². The van der Waals surface area contributed by atoms with Crippen molar-refractivity contribution in [2.24, 2.45) is 0 Å². The maximum absolute atomic E-state index is 5.46. The fourth-order valence-electron chi connectivity index (χ4n) is 2.97. The molecule has 0 radical (unpaired) electrons. The van der Waals surface area contributed by atoms with Crippen LogP contribution in [0.5, 0.6) is 11.5 Å². The highest BCUT2D eigenvalue weighted by Gasteiger charge is 2.16. The highest BCUT2D eigenvalue weighted by molar-refractivity contribution is 6.01. The summed E-state index contributed by atoms with van der Waals surface area (Å²) in [6.45, 7) is 2.53. The summed E-state index contributed by atoms with van der Waals surface area (Å²) in [6, 6.07) is 14.0. The molecule has 2 heterocycles. The first-order valence-electron chi connectivity index (χ1n) is 8.27. The molecule has 0 fully saturated rings. The molecular weight excluding hydrogens is 330 g/mol. The molecule has 0 aliphatic carbocycles. The molecule has 7 heteroatoms. The molecule has 2 aromatic carbocycles. The van der Waals surface area contributed by atoms with Crippen molar-refractivity contribution in [3.8, 4) is 11.5 Å². The number of hydrogen-bond donors (Lipinski definition) is 1. The Morgan fingerprint density at radius 2 is 1.65 bits per heavy atom. The Bertz CT molecular complexity index is 1080. The minimum absolute atomic E-state index is 0.641. The van der Waals surface area contributed by atoms with Gasteiger partial charge in [0.05, 0.1) is 14.2 Å². The SMILES string of the molecule is COc1cc2c(NCc3ccccc3)nn3c(C)nnc3c2cc1OC. The Morgan fingerprint density at radius 1 is 0.962 bits per heavy atom. The lowest BCUT2D eigenvalue weighted by molar-refractivity contribution is 0.356. The predicted octanol–water partition coefficient (Wildman–Crippen LogP) is 3.22. The lowest BCUT2D eigenvalue weighted by Gasteiger charge is -2.13. The summed E-state index contributed by atoms with van der Waals surface area (Å²) in [4.78, 5) is 0. The van der Waals surface area contributed by atoms with Crippen LogP contribution in [0.25, 0.3) is 16.4 Å². The number of nitrogens with zero attached hydrogens (tertiary/aromatic N) is 4. The summed E-state index contributed by atoms with van der Waals surface area (Å²) >= 11 is 0. The predicted molar refractivity (Wildman–Crippen MR) is 99.9 cm³/mol. The largest absolute Gasteiger partial charge is 0.493 e. The quantitative estimate of drug-likeness (QED) is 0.596. The molecule has 0 saturated carbocycles. The lowest BCUT2D eigenvalue weighted by atomic mass is 10.1. The zero-order valence-electron chi connectivity index (χ0n) is 14.9. The Labute approximate surface area is 150 Å². The average Bonchev–Trinajstić information content (AvgIpc) is 3.06. The molecule has 1 N–H and O–H groups in total. The Hall–Kier alpha value is -3.35. The van der Waals surface area contributed by atoms with Crippen molar-refractivity contribution in [3.63, 3.8) is 0 Å². The van der Waals surface area contributed by atoms with E-state index in [1.807, 2.05) is 37.3 Å². The number of hydrogen-bond acceptors (Lipinski definition) is 6. The van der Waals surface area contributed by atoms with Gasteiger partial charge in [0, 0.05) is 17.3 Å². The van der Waals surface area contributed by atoms with Crippen LogP contribution in [0.1, 0.15) is 11.4 Å². The average molecular weight is 349 g/mol. The van der Waals surface area contributed by atoms with Crippen molar-refractivity contribution in [1.82, 2.24) is 19.8 Å². The maximum atomic E-state index is 5.46. The van der Waals surface area contributed by atoms with Gasteiger partial charge < -0.3 is 14.8 Å². The van der Waals surface area contributed by atoms with Crippen LogP contribution in [0.2, 0.25) is 0 Å². The molecule has 0 aliphatic rings. The van der Waals surface area contributed by atoms with Gasteiger partial charge in [0.15, 0.2) is 28.8 Å². The molecule has 0 unspecified atom stereocenters. The monoisotopic (exact) mass is 349 g/mol. The number of anilines is 1. The molecule has 0 bridgehead atoms. The number of nitrogens with one attached hydrogen (secondary N) is 1. The van der Waals surface area contributed by atoms with E-state index in [9.17, 15) is 0 Å². The summed E-state index contributed by atoms with van der Waals surface area (Å²) in [5.74, 6) is 2.74. The van der Waals surface area contributed by atoms with Crippen LogP contribution < -0.4 is 14.8 Å². The minimum atomic E-state index is 0.641. The molecule has 132 valence electrons. The number of benzene rings is 2. The van der Waals surface area contributed by atoms with E-state index in [-0.39, 0.29) is 0 Å². The fourth-order valence-corrected chi connectivity index (χ4v) is 2.97. The van der Waals surface area contributed by atoms with Crippen molar-refractivity contribution < 1.29 is 9.47 Å². The van der Waals surface area contributed by atoms with Gasteiger partial charge in [-0.05, 0) is 24.6 Å². The van der Waals surface area contributed by atoms with Crippen molar-refractivity contribution in [1.29, 1.82) is 0 Å². The van der Waals surface area contributed by atoms with Gasteiger partial charge in [-0.3, -0.25) is 0 Å². The number of aryl methyl sites for hydroxylation is 1. The highest BCUT2D eigenvalue weighted by atomic mass is 16.5. The molecule has 0 aliphatic heterocycles. The Morgan fingerprint density at radius 3 is 2.35 bits per heavy atom. The number of methoxy groups -OCH3 is 2. The Balaban J connectivity index is 1.89. The molecule has 4 aromatic rings. The van der Waals surface area contributed by atoms with Crippen LogP contribution in [0.3, 0.4) is 0 Å². The van der Waals surface area contributed by atoms with E-state index in [1.54, 1.807) is 18.7 Å². The van der Waals surface area contributed by atoms with E-state index in [0.29, 0.717) is 23.7 Å². The third-order valence-electron chi connectivity index (χ3n) is 4.32. The first-order chi connectivity index (χ1) is 12.7. The van der Waals surface area contributed by atoms with Crippen LogP contribution in [0, 0.1) is 6.92 Å². The maximum Gasteiger partial charge on any atom is 0.185 e. The van der Waals surface area contributed by atoms with Crippen LogP contribution in [0.4, 0.5) is 5.82 Å². The summed E-state index contributed by atoms with van der Waals surface area (Å²) in [6.07, 6.45) is 0. The van der Waals surface area contributed by atoms with Gasteiger partial charge in [-0.2, -0.15) is 4.52 Å². The second kappa shape index (κ2) is 6.51. The number of ether oxygens (including phenoxy) is 2. The molecular formula is C19H19N5O2. The fraction of sp³-hybridized carbons (Fsp3) is 0.211. The van der Waals surface area contributed by atoms with Gasteiger partial charge in [-0.15, -0.1) is 15.3 Å². The first kappa shape index (κ1) is 16.1. The Kier molecular flexibility index (Phi) is 4.04. The van der Waals surface area contributed by atoms with E-state index >= 15 is 0 Å². The van der Waals surface area contributed by atoms with E-state index in [1.165, 1.54) is 5.56 Å². The molecule has 0 saturated heterocycles. The summed E-state index contributed by atoms with van der Waals surface area (Å²) in [5, 5.41) is 18.3. The summed E-state index contributed by atoms with van der Waals surface area (Å²) in [7, 11) is 3.24.